The predicted molar refractivity (Wildman–Crippen MR) is 86.9 cm³/mol. The third kappa shape index (κ3) is 3.54. The maximum absolute atomic E-state index is 11.9. The van der Waals surface area contributed by atoms with Gasteiger partial charge in [0.2, 0.25) is 5.91 Å². The Balaban J connectivity index is 1.56. The van der Waals surface area contributed by atoms with E-state index in [0.717, 1.165) is 23.0 Å². The lowest BCUT2D eigenvalue weighted by Crippen LogP contribution is -2.28. The molecule has 0 spiro atoms. The average Bonchev–Trinajstić information content (AvgIpc) is 2.95. The summed E-state index contributed by atoms with van der Waals surface area (Å²) in [5.74, 6) is 0.676. The number of H-pyrrole nitrogens is 1. The van der Waals surface area contributed by atoms with Crippen LogP contribution in [-0.4, -0.2) is 17.4 Å². The van der Waals surface area contributed by atoms with Crippen molar-refractivity contribution < 1.29 is 4.79 Å². The van der Waals surface area contributed by atoms with Gasteiger partial charge in [-0.25, -0.2) is 0 Å². The normalized spacial score (nSPS) is 16.6. The smallest absolute Gasteiger partial charge is 0.244 e. The van der Waals surface area contributed by atoms with Crippen LogP contribution in [0, 0.1) is 5.92 Å². The van der Waals surface area contributed by atoms with E-state index in [1.807, 2.05) is 30.5 Å². The van der Waals surface area contributed by atoms with Crippen molar-refractivity contribution in [3.63, 3.8) is 0 Å². The number of amides is 1. The third-order valence-corrected chi connectivity index (χ3v) is 4.33. The molecule has 2 N–H and O–H groups in total. The number of hydrogen-bond donors (Lipinski definition) is 2. The van der Waals surface area contributed by atoms with Gasteiger partial charge in [0, 0.05) is 29.7 Å². The molecule has 1 fully saturated rings. The van der Waals surface area contributed by atoms with E-state index in [2.05, 4.69) is 16.4 Å². The molecule has 0 atom stereocenters. The van der Waals surface area contributed by atoms with Crippen LogP contribution in [-0.2, 0) is 4.79 Å². The summed E-state index contributed by atoms with van der Waals surface area (Å²) in [6.45, 7) is 0.817. The zero-order valence-corrected chi connectivity index (χ0v) is 12.3. The second-order valence-electron chi connectivity index (χ2n) is 5.87. The van der Waals surface area contributed by atoms with Gasteiger partial charge < -0.3 is 10.3 Å². The van der Waals surface area contributed by atoms with Gasteiger partial charge in [-0.1, -0.05) is 37.5 Å². The number of carbonyl (C=O) groups excluding carboxylic acids is 1. The maximum Gasteiger partial charge on any atom is 0.244 e. The summed E-state index contributed by atoms with van der Waals surface area (Å²) in [5, 5.41) is 4.17. The van der Waals surface area contributed by atoms with E-state index in [4.69, 9.17) is 0 Å². The number of hydrogen-bond acceptors (Lipinski definition) is 1. The Morgan fingerprint density at radius 2 is 2.05 bits per heavy atom. The zero-order valence-electron chi connectivity index (χ0n) is 12.3. The van der Waals surface area contributed by atoms with Gasteiger partial charge >= 0.3 is 0 Å². The first kappa shape index (κ1) is 13.9. The molecular weight excluding hydrogens is 260 g/mol. The van der Waals surface area contributed by atoms with Crippen molar-refractivity contribution >= 4 is 22.9 Å². The minimum absolute atomic E-state index is 0.00542. The molecule has 3 rings (SSSR count). The number of aromatic amines is 1. The molecule has 0 unspecified atom stereocenters. The molecule has 1 saturated carbocycles. The van der Waals surface area contributed by atoms with Crippen LogP contribution in [0.25, 0.3) is 17.0 Å². The third-order valence-electron chi connectivity index (χ3n) is 4.33. The van der Waals surface area contributed by atoms with E-state index in [1.165, 1.54) is 32.1 Å². The summed E-state index contributed by atoms with van der Waals surface area (Å²) in [4.78, 5) is 15.1. The van der Waals surface area contributed by atoms with Crippen molar-refractivity contribution in [2.45, 2.75) is 32.1 Å². The van der Waals surface area contributed by atoms with E-state index in [0.29, 0.717) is 5.92 Å². The van der Waals surface area contributed by atoms with Crippen LogP contribution in [0.3, 0.4) is 0 Å². The Kier molecular flexibility index (Phi) is 4.39. The van der Waals surface area contributed by atoms with Gasteiger partial charge in [-0.15, -0.1) is 0 Å². The van der Waals surface area contributed by atoms with E-state index in [-0.39, 0.29) is 5.91 Å². The number of nitrogens with one attached hydrogen (secondary N) is 2. The summed E-state index contributed by atoms with van der Waals surface area (Å²) in [6.07, 6.45) is 11.9. The maximum atomic E-state index is 11.9. The summed E-state index contributed by atoms with van der Waals surface area (Å²) in [6, 6.07) is 8.11. The van der Waals surface area contributed by atoms with Gasteiger partial charge in [0.1, 0.15) is 0 Å². The first-order valence-electron chi connectivity index (χ1n) is 7.85. The standard InChI is InChI=1S/C18H22N2O/c21-18(20-12-14-6-2-1-3-7-14)11-10-15-13-19-17-9-5-4-8-16(15)17/h4-5,8-11,13-14,19H,1-3,6-7,12H2,(H,20,21)/b11-10+. The Morgan fingerprint density at radius 1 is 1.24 bits per heavy atom. The number of aromatic nitrogens is 1. The first-order valence-corrected chi connectivity index (χ1v) is 7.85. The predicted octanol–water partition coefficient (Wildman–Crippen LogP) is 3.88. The molecule has 0 aliphatic heterocycles. The molecule has 2 aromatic rings. The van der Waals surface area contributed by atoms with Crippen molar-refractivity contribution in [3.8, 4) is 0 Å². The second kappa shape index (κ2) is 6.61. The van der Waals surface area contributed by atoms with Crippen LogP contribution in [0.15, 0.2) is 36.5 Å². The number of para-hydroxylation sites is 1. The molecule has 110 valence electrons. The summed E-state index contributed by atoms with van der Waals surface area (Å²) in [7, 11) is 0. The highest BCUT2D eigenvalue weighted by Crippen LogP contribution is 2.22. The Hall–Kier alpha value is -2.03. The molecule has 21 heavy (non-hydrogen) atoms. The molecule has 3 nitrogen and oxygen atoms in total. The molecule has 3 heteroatoms. The molecule has 1 aliphatic rings. The topological polar surface area (TPSA) is 44.9 Å². The lowest BCUT2D eigenvalue weighted by Gasteiger charge is -2.21. The van der Waals surface area contributed by atoms with Crippen molar-refractivity contribution in [2.75, 3.05) is 6.54 Å². The molecule has 1 amide bonds. The van der Waals surface area contributed by atoms with Crippen LogP contribution in [0.2, 0.25) is 0 Å². The number of fused-ring (bicyclic) bond motifs is 1. The summed E-state index contributed by atoms with van der Waals surface area (Å²) < 4.78 is 0. The lowest BCUT2D eigenvalue weighted by atomic mass is 9.89. The Morgan fingerprint density at radius 3 is 2.90 bits per heavy atom. The fourth-order valence-electron chi connectivity index (χ4n) is 3.09. The molecule has 0 radical (unpaired) electrons. The molecule has 1 heterocycles. The molecule has 0 saturated heterocycles. The number of carbonyl (C=O) groups is 1. The second-order valence-corrected chi connectivity index (χ2v) is 5.87. The fourth-order valence-corrected chi connectivity index (χ4v) is 3.09. The van der Waals surface area contributed by atoms with Gasteiger partial charge in [0.25, 0.3) is 0 Å². The molecule has 1 aromatic carbocycles. The van der Waals surface area contributed by atoms with Crippen molar-refractivity contribution in [3.05, 3.63) is 42.1 Å². The highest BCUT2D eigenvalue weighted by atomic mass is 16.1. The van der Waals surface area contributed by atoms with Crippen LogP contribution in [0.5, 0.6) is 0 Å². The lowest BCUT2D eigenvalue weighted by molar-refractivity contribution is -0.116. The SMILES string of the molecule is O=C(/C=C/c1c[nH]c2ccccc12)NCC1CCCCC1. The quantitative estimate of drug-likeness (QED) is 0.821. The van der Waals surface area contributed by atoms with E-state index < -0.39 is 0 Å². The number of rotatable bonds is 4. The molecular formula is C18H22N2O. The zero-order chi connectivity index (χ0) is 14.5. The molecule has 0 bridgehead atoms. The van der Waals surface area contributed by atoms with Gasteiger partial charge in [-0.3, -0.25) is 4.79 Å². The molecule has 1 aromatic heterocycles. The average molecular weight is 282 g/mol. The van der Waals surface area contributed by atoms with E-state index >= 15 is 0 Å². The van der Waals surface area contributed by atoms with E-state index in [9.17, 15) is 4.79 Å². The van der Waals surface area contributed by atoms with Crippen LogP contribution < -0.4 is 5.32 Å². The van der Waals surface area contributed by atoms with Crippen molar-refractivity contribution in [1.82, 2.24) is 10.3 Å². The van der Waals surface area contributed by atoms with Crippen molar-refractivity contribution in [1.29, 1.82) is 0 Å². The fraction of sp³-hybridized carbons (Fsp3) is 0.389. The number of benzene rings is 1. The van der Waals surface area contributed by atoms with Crippen molar-refractivity contribution in [2.24, 2.45) is 5.92 Å². The minimum Gasteiger partial charge on any atom is -0.361 e. The van der Waals surface area contributed by atoms with Crippen LogP contribution in [0.1, 0.15) is 37.7 Å². The Bertz CT molecular complexity index is 635. The van der Waals surface area contributed by atoms with Gasteiger partial charge in [0.05, 0.1) is 0 Å². The highest BCUT2D eigenvalue weighted by Gasteiger charge is 2.13. The first-order chi connectivity index (χ1) is 10.3. The van der Waals surface area contributed by atoms with E-state index in [1.54, 1.807) is 6.08 Å². The van der Waals surface area contributed by atoms with Gasteiger partial charge in [0.15, 0.2) is 0 Å². The Labute approximate surface area is 125 Å². The van der Waals surface area contributed by atoms with Gasteiger partial charge in [-0.05, 0) is 36.5 Å². The minimum atomic E-state index is 0.00542. The largest absolute Gasteiger partial charge is 0.361 e. The monoisotopic (exact) mass is 282 g/mol. The highest BCUT2D eigenvalue weighted by molar-refractivity contribution is 5.96. The van der Waals surface area contributed by atoms with Crippen LogP contribution >= 0.6 is 0 Å². The van der Waals surface area contributed by atoms with Gasteiger partial charge in [-0.2, -0.15) is 0 Å². The summed E-state index contributed by atoms with van der Waals surface area (Å²) in [5.41, 5.74) is 2.15. The summed E-state index contributed by atoms with van der Waals surface area (Å²) >= 11 is 0. The molecule has 1 aliphatic carbocycles. The van der Waals surface area contributed by atoms with Crippen LogP contribution in [0.4, 0.5) is 0 Å².